The van der Waals surface area contributed by atoms with Gasteiger partial charge in [0.2, 0.25) is 5.92 Å². The van der Waals surface area contributed by atoms with Gasteiger partial charge in [-0.2, -0.15) is 0 Å². The zero-order valence-corrected chi connectivity index (χ0v) is 13.5. The Balaban J connectivity index is 1.75. The van der Waals surface area contributed by atoms with Crippen molar-refractivity contribution in [2.45, 2.75) is 56.3 Å². The van der Waals surface area contributed by atoms with E-state index < -0.39 is 5.92 Å². The first-order chi connectivity index (χ1) is 10.5. The molecule has 3 rings (SSSR count). The molecule has 1 aliphatic carbocycles. The third-order valence-corrected chi connectivity index (χ3v) is 5.85. The van der Waals surface area contributed by atoms with Gasteiger partial charge in [-0.3, -0.25) is 0 Å². The molecule has 0 unspecified atom stereocenters. The van der Waals surface area contributed by atoms with Gasteiger partial charge in [-0.15, -0.1) is 0 Å². The quantitative estimate of drug-likeness (QED) is 0.770. The van der Waals surface area contributed by atoms with Crippen LogP contribution in [0.5, 0.6) is 0 Å². The molecule has 122 valence electrons. The zero-order chi connectivity index (χ0) is 15.6. The SMILES string of the molecule is CN1CCC(CC2CCC(F)(F)CC2)(c2ccccc2)CC1. The Morgan fingerprint density at radius 3 is 2.18 bits per heavy atom. The van der Waals surface area contributed by atoms with Crippen LogP contribution in [0.25, 0.3) is 0 Å². The maximum atomic E-state index is 13.4. The normalized spacial score (nSPS) is 26.0. The summed E-state index contributed by atoms with van der Waals surface area (Å²) < 4.78 is 26.8. The number of alkyl halides is 2. The number of likely N-dealkylation sites (tertiary alicyclic amines) is 1. The molecular formula is C19H27F2N. The highest BCUT2D eigenvalue weighted by atomic mass is 19.3. The van der Waals surface area contributed by atoms with E-state index in [0.29, 0.717) is 18.8 Å². The van der Waals surface area contributed by atoms with Crippen LogP contribution in [-0.2, 0) is 5.41 Å². The van der Waals surface area contributed by atoms with Crippen molar-refractivity contribution >= 4 is 0 Å². The van der Waals surface area contributed by atoms with Crippen LogP contribution in [0.3, 0.4) is 0 Å². The smallest absolute Gasteiger partial charge is 0.248 e. The van der Waals surface area contributed by atoms with E-state index >= 15 is 0 Å². The van der Waals surface area contributed by atoms with Crippen molar-refractivity contribution < 1.29 is 8.78 Å². The summed E-state index contributed by atoms with van der Waals surface area (Å²) in [6, 6.07) is 10.8. The van der Waals surface area contributed by atoms with Crippen molar-refractivity contribution in [1.29, 1.82) is 0 Å². The van der Waals surface area contributed by atoms with Crippen LogP contribution in [-0.4, -0.2) is 31.0 Å². The second-order valence-corrected chi connectivity index (χ2v) is 7.45. The summed E-state index contributed by atoms with van der Waals surface area (Å²) in [7, 11) is 2.18. The third kappa shape index (κ3) is 3.51. The standard InChI is InChI=1S/C19H27F2N/c1-22-13-11-18(12-14-22,17-5-3-2-4-6-17)15-16-7-9-19(20,21)10-8-16/h2-6,16H,7-15H2,1H3. The molecule has 2 aliphatic rings. The number of piperidine rings is 1. The molecule has 1 aromatic rings. The van der Waals surface area contributed by atoms with E-state index in [1.54, 1.807) is 0 Å². The molecule has 1 saturated heterocycles. The van der Waals surface area contributed by atoms with Gasteiger partial charge in [0.05, 0.1) is 0 Å². The first-order valence-corrected chi connectivity index (χ1v) is 8.61. The summed E-state index contributed by atoms with van der Waals surface area (Å²) in [4.78, 5) is 2.39. The van der Waals surface area contributed by atoms with E-state index in [2.05, 4.69) is 42.3 Å². The van der Waals surface area contributed by atoms with Crippen LogP contribution in [0.2, 0.25) is 0 Å². The van der Waals surface area contributed by atoms with Gasteiger partial charge < -0.3 is 4.90 Å². The molecule has 1 heterocycles. The second-order valence-electron chi connectivity index (χ2n) is 7.45. The van der Waals surface area contributed by atoms with Gasteiger partial charge in [0.1, 0.15) is 0 Å². The molecule has 0 radical (unpaired) electrons. The fraction of sp³-hybridized carbons (Fsp3) is 0.684. The van der Waals surface area contributed by atoms with Crippen molar-refractivity contribution in [2.24, 2.45) is 5.92 Å². The third-order valence-electron chi connectivity index (χ3n) is 5.85. The van der Waals surface area contributed by atoms with Gasteiger partial charge in [-0.05, 0) is 69.1 Å². The van der Waals surface area contributed by atoms with E-state index in [-0.39, 0.29) is 18.3 Å². The Morgan fingerprint density at radius 2 is 1.59 bits per heavy atom. The molecule has 0 bridgehead atoms. The van der Waals surface area contributed by atoms with E-state index in [1.165, 1.54) is 5.56 Å². The molecule has 0 aromatic heterocycles. The fourth-order valence-corrected chi connectivity index (χ4v) is 4.31. The highest BCUT2D eigenvalue weighted by Crippen LogP contribution is 2.46. The van der Waals surface area contributed by atoms with Gasteiger partial charge in [0.15, 0.2) is 0 Å². The Labute approximate surface area is 132 Å². The highest BCUT2D eigenvalue weighted by Gasteiger charge is 2.41. The Kier molecular flexibility index (Phi) is 4.54. The van der Waals surface area contributed by atoms with Crippen LogP contribution in [0.15, 0.2) is 30.3 Å². The zero-order valence-electron chi connectivity index (χ0n) is 13.5. The molecular weight excluding hydrogens is 280 g/mol. The molecule has 0 amide bonds. The van der Waals surface area contributed by atoms with Gasteiger partial charge in [0, 0.05) is 12.8 Å². The van der Waals surface area contributed by atoms with Crippen molar-refractivity contribution in [2.75, 3.05) is 20.1 Å². The number of rotatable bonds is 3. The number of halogens is 2. The predicted molar refractivity (Wildman–Crippen MR) is 86.4 cm³/mol. The van der Waals surface area contributed by atoms with Crippen LogP contribution in [0.4, 0.5) is 8.78 Å². The molecule has 3 heteroatoms. The number of hydrogen-bond acceptors (Lipinski definition) is 1. The Hall–Kier alpha value is -0.960. The topological polar surface area (TPSA) is 3.24 Å². The predicted octanol–water partition coefficient (Wildman–Crippen LogP) is 4.87. The molecule has 1 aromatic carbocycles. The van der Waals surface area contributed by atoms with E-state index in [1.807, 2.05) is 0 Å². The minimum absolute atomic E-state index is 0.0858. The largest absolute Gasteiger partial charge is 0.306 e. The van der Waals surface area contributed by atoms with Crippen molar-refractivity contribution in [3.8, 4) is 0 Å². The average Bonchev–Trinajstić information content (AvgIpc) is 2.53. The van der Waals surface area contributed by atoms with Gasteiger partial charge in [-0.1, -0.05) is 30.3 Å². The van der Waals surface area contributed by atoms with Gasteiger partial charge in [-0.25, -0.2) is 8.78 Å². The molecule has 2 fully saturated rings. The Morgan fingerprint density at radius 1 is 1.00 bits per heavy atom. The minimum atomic E-state index is -2.41. The first kappa shape index (κ1) is 15.9. The summed E-state index contributed by atoms with van der Waals surface area (Å²) in [5, 5.41) is 0. The Bertz CT molecular complexity index is 467. The summed E-state index contributed by atoms with van der Waals surface area (Å²) in [5.74, 6) is -1.95. The molecule has 1 nitrogen and oxygen atoms in total. The lowest BCUT2D eigenvalue weighted by molar-refractivity contribution is -0.0498. The first-order valence-electron chi connectivity index (χ1n) is 8.61. The molecule has 1 saturated carbocycles. The summed E-state index contributed by atoms with van der Waals surface area (Å²) in [6.45, 7) is 2.22. The van der Waals surface area contributed by atoms with Crippen LogP contribution < -0.4 is 0 Å². The number of hydrogen-bond donors (Lipinski definition) is 0. The average molecular weight is 307 g/mol. The summed E-state index contributed by atoms with van der Waals surface area (Å²) >= 11 is 0. The molecule has 0 atom stereocenters. The molecule has 1 aliphatic heterocycles. The van der Waals surface area contributed by atoms with Crippen molar-refractivity contribution in [1.82, 2.24) is 4.90 Å². The fourth-order valence-electron chi connectivity index (χ4n) is 4.31. The number of nitrogens with zero attached hydrogens (tertiary/aromatic N) is 1. The molecule has 0 N–H and O–H groups in total. The molecule has 22 heavy (non-hydrogen) atoms. The maximum absolute atomic E-state index is 13.4. The van der Waals surface area contributed by atoms with Crippen molar-refractivity contribution in [3.63, 3.8) is 0 Å². The molecule has 0 spiro atoms. The van der Waals surface area contributed by atoms with E-state index in [4.69, 9.17) is 0 Å². The summed E-state index contributed by atoms with van der Waals surface area (Å²) in [6.07, 6.45) is 4.95. The monoisotopic (exact) mass is 307 g/mol. The van der Waals surface area contributed by atoms with E-state index in [0.717, 1.165) is 32.4 Å². The highest BCUT2D eigenvalue weighted by molar-refractivity contribution is 5.26. The van der Waals surface area contributed by atoms with Crippen molar-refractivity contribution in [3.05, 3.63) is 35.9 Å². The maximum Gasteiger partial charge on any atom is 0.248 e. The lowest BCUT2D eigenvalue weighted by atomic mass is 9.65. The van der Waals surface area contributed by atoms with Crippen LogP contribution in [0.1, 0.15) is 50.5 Å². The summed E-state index contributed by atoms with van der Waals surface area (Å²) in [5.41, 5.74) is 1.62. The second kappa shape index (κ2) is 6.27. The minimum Gasteiger partial charge on any atom is -0.306 e. The van der Waals surface area contributed by atoms with E-state index in [9.17, 15) is 8.78 Å². The lowest BCUT2D eigenvalue weighted by Gasteiger charge is -2.44. The van der Waals surface area contributed by atoms with Crippen LogP contribution >= 0.6 is 0 Å². The van der Waals surface area contributed by atoms with Gasteiger partial charge in [0.25, 0.3) is 0 Å². The van der Waals surface area contributed by atoms with Gasteiger partial charge >= 0.3 is 0 Å². The number of benzene rings is 1. The van der Waals surface area contributed by atoms with Crippen LogP contribution in [0, 0.1) is 5.92 Å². The lowest BCUT2D eigenvalue weighted by Crippen LogP contribution is -2.42.